The first-order chi connectivity index (χ1) is 15.1. The van der Waals surface area contributed by atoms with Crippen molar-refractivity contribution in [3.63, 3.8) is 0 Å². The first kappa shape index (κ1) is 20.6. The minimum absolute atomic E-state index is 0.0644. The lowest BCUT2D eigenvalue weighted by Crippen LogP contribution is -2.43. The zero-order valence-electron chi connectivity index (χ0n) is 17.2. The Labute approximate surface area is 181 Å². The Hall–Kier alpha value is -3.67. The van der Waals surface area contributed by atoms with Crippen LogP contribution >= 0.6 is 0 Å². The van der Waals surface area contributed by atoms with Crippen molar-refractivity contribution in [2.45, 2.75) is 12.8 Å². The van der Waals surface area contributed by atoms with Crippen molar-refractivity contribution in [1.82, 2.24) is 9.88 Å². The van der Waals surface area contributed by atoms with Gasteiger partial charge in [-0.1, -0.05) is 48.5 Å². The van der Waals surface area contributed by atoms with E-state index < -0.39 is 5.41 Å². The zero-order chi connectivity index (χ0) is 21.7. The van der Waals surface area contributed by atoms with Crippen molar-refractivity contribution in [2.24, 2.45) is 11.1 Å². The maximum Gasteiger partial charge on any atom is 0.260 e. The number of likely N-dealkylation sites (tertiary alicyclic amines) is 1. The number of aromatic nitrogens is 1. The summed E-state index contributed by atoms with van der Waals surface area (Å²) in [6.45, 7) is 0.709. The summed E-state index contributed by atoms with van der Waals surface area (Å²) >= 11 is 0. The van der Waals surface area contributed by atoms with Gasteiger partial charge in [0, 0.05) is 31.0 Å². The molecule has 0 bridgehead atoms. The Kier molecular flexibility index (Phi) is 5.98. The van der Waals surface area contributed by atoms with E-state index in [0.717, 1.165) is 16.7 Å². The van der Waals surface area contributed by atoms with Gasteiger partial charge in [0.1, 0.15) is 5.75 Å². The zero-order valence-corrected chi connectivity index (χ0v) is 17.2. The second-order valence-electron chi connectivity index (χ2n) is 7.89. The average molecular weight is 415 g/mol. The van der Waals surface area contributed by atoms with E-state index in [2.05, 4.69) is 4.98 Å². The molecule has 158 valence electrons. The monoisotopic (exact) mass is 415 g/mol. The fourth-order valence-electron chi connectivity index (χ4n) is 4.11. The number of nitrogens with zero attached hydrogens (tertiary/aromatic N) is 2. The standard InChI is InChI=1S/C25H25N3O3/c26-24(30)25(15-19-7-4-5-11-22(19)20-8-6-13-27-16-20)12-14-28(18-25)23(29)17-31-21-9-2-1-3-10-21/h1-11,13,16H,12,14-15,17-18H2,(H2,26,30)/t25-/m0/s1. The third-order valence-corrected chi connectivity index (χ3v) is 5.85. The maximum absolute atomic E-state index is 12.7. The number of nitrogens with two attached hydrogens (primary N) is 1. The first-order valence-corrected chi connectivity index (χ1v) is 10.3. The molecular formula is C25H25N3O3. The van der Waals surface area contributed by atoms with Crippen molar-refractivity contribution in [3.05, 3.63) is 84.7 Å². The highest BCUT2D eigenvalue weighted by atomic mass is 16.5. The third kappa shape index (κ3) is 4.58. The molecule has 6 nitrogen and oxygen atoms in total. The normalized spacial score (nSPS) is 18.0. The van der Waals surface area contributed by atoms with Gasteiger partial charge in [-0.3, -0.25) is 14.6 Å². The Balaban J connectivity index is 1.50. The molecule has 1 saturated heterocycles. The summed E-state index contributed by atoms with van der Waals surface area (Å²) in [6, 6.07) is 21.0. The van der Waals surface area contributed by atoms with Crippen LogP contribution in [-0.2, 0) is 16.0 Å². The van der Waals surface area contributed by atoms with E-state index in [4.69, 9.17) is 10.5 Å². The average Bonchev–Trinajstić information content (AvgIpc) is 3.25. The SMILES string of the molecule is NC(=O)[C@]1(Cc2ccccc2-c2cccnc2)CCN(C(=O)COc2ccccc2)C1. The van der Waals surface area contributed by atoms with Crippen LogP contribution in [0.15, 0.2) is 79.1 Å². The highest BCUT2D eigenvalue weighted by Crippen LogP contribution is 2.37. The number of ether oxygens (including phenoxy) is 1. The maximum atomic E-state index is 12.7. The third-order valence-electron chi connectivity index (χ3n) is 5.85. The number of carbonyl (C=O) groups is 2. The van der Waals surface area contributed by atoms with Crippen molar-refractivity contribution < 1.29 is 14.3 Å². The Morgan fingerprint density at radius 2 is 1.81 bits per heavy atom. The molecule has 0 radical (unpaired) electrons. The molecular weight excluding hydrogens is 390 g/mol. The summed E-state index contributed by atoms with van der Waals surface area (Å²) < 4.78 is 5.59. The molecule has 3 aromatic rings. The molecule has 0 unspecified atom stereocenters. The number of para-hydroxylation sites is 1. The number of pyridine rings is 1. The van der Waals surface area contributed by atoms with Crippen LogP contribution < -0.4 is 10.5 Å². The first-order valence-electron chi connectivity index (χ1n) is 10.3. The molecule has 1 aromatic heterocycles. The van der Waals surface area contributed by atoms with Gasteiger partial charge >= 0.3 is 0 Å². The lowest BCUT2D eigenvalue weighted by atomic mass is 9.78. The van der Waals surface area contributed by atoms with Gasteiger partial charge < -0.3 is 15.4 Å². The van der Waals surface area contributed by atoms with Crippen molar-refractivity contribution in [1.29, 1.82) is 0 Å². The van der Waals surface area contributed by atoms with E-state index in [9.17, 15) is 9.59 Å². The molecule has 2 heterocycles. The summed E-state index contributed by atoms with van der Waals surface area (Å²) in [5, 5.41) is 0. The molecule has 31 heavy (non-hydrogen) atoms. The van der Waals surface area contributed by atoms with Gasteiger partial charge in [0.25, 0.3) is 5.91 Å². The minimum Gasteiger partial charge on any atom is -0.484 e. The summed E-state index contributed by atoms with van der Waals surface area (Å²) in [4.78, 5) is 31.2. The summed E-state index contributed by atoms with van der Waals surface area (Å²) in [6.07, 6.45) is 4.54. The molecule has 2 N–H and O–H groups in total. The Morgan fingerprint density at radius 1 is 1.03 bits per heavy atom. The molecule has 1 fully saturated rings. The van der Waals surface area contributed by atoms with Gasteiger partial charge in [0.15, 0.2) is 6.61 Å². The van der Waals surface area contributed by atoms with Crippen LogP contribution in [0.5, 0.6) is 5.75 Å². The number of primary amides is 1. The van der Waals surface area contributed by atoms with Crippen molar-refractivity contribution >= 4 is 11.8 Å². The molecule has 1 aliphatic rings. The lowest BCUT2D eigenvalue weighted by Gasteiger charge is -2.27. The number of hydrogen-bond acceptors (Lipinski definition) is 4. The molecule has 0 saturated carbocycles. The second kappa shape index (κ2) is 9.00. The topological polar surface area (TPSA) is 85.5 Å². The highest BCUT2D eigenvalue weighted by molar-refractivity contribution is 5.85. The molecule has 4 rings (SSSR count). The van der Waals surface area contributed by atoms with Crippen molar-refractivity contribution in [3.8, 4) is 16.9 Å². The van der Waals surface area contributed by atoms with Gasteiger partial charge in [-0.2, -0.15) is 0 Å². The van der Waals surface area contributed by atoms with Gasteiger partial charge in [0.2, 0.25) is 5.91 Å². The van der Waals surface area contributed by atoms with Crippen LogP contribution in [-0.4, -0.2) is 41.4 Å². The van der Waals surface area contributed by atoms with Crippen LogP contribution in [0.25, 0.3) is 11.1 Å². The van der Waals surface area contributed by atoms with Crippen LogP contribution in [0.4, 0.5) is 0 Å². The van der Waals surface area contributed by atoms with E-state index >= 15 is 0 Å². The Morgan fingerprint density at radius 3 is 2.55 bits per heavy atom. The van der Waals surface area contributed by atoms with Gasteiger partial charge in [-0.25, -0.2) is 0 Å². The minimum atomic E-state index is -0.805. The number of benzene rings is 2. The Bertz CT molecular complexity index is 1060. The van der Waals surface area contributed by atoms with Crippen molar-refractivity contribution in [2.75, 3.05) is 19.7 Å². The van der Waals surface area contributed by atoms with Gasteiger partial charge in [-0.05, 0) is 42.2 Å². The second-order valence-corrected chi connectivity index (χ2v) is 7.89. The largest absolute Gasteiger partial charge is 0.484 e. The van der Waals surface area contributed by atoms with Crippen LogP contribution in [0.3, 0.4) is 0 Å². The van der Waals surface area contributed by atoms with Gasteiger partial charge in [-0.15, -0.1) is 0 Å². The van der Waals surface area contributed by atoms with Crippen LogP contribution in [0.2, 0.25) is 0 Å². The fraction of sp³-hybridized carbons (Fsp3) is 0.240. The smallest absolute Gasteiger partial charge is 0.260 e. The quantitative estimate of drug-likeness (QED) is 0.643. The molecule has 0 aliphatic carbocycles. The molecule has 1 aliphatic heterocycles. The van der Waals surface area contributed by atoms with E-state index in [1.807, 2.05) is 54.6 Å². The number of rotatable bonds is 7. The molecule has 6 heteroatoms. The van der Waals surface area contributed by atoms with E-state index in [-0.39, 0.29) is 18.4 Å². The van der Waals surface area contributed by atoms with Gasteiger partial charge in [0.05, 0.1) is 5.41 Å². The number of carbonyl (C=O) groups excluding carboxylic acids is 2. The molecule has 1 atom stereocenters. The number of amides is 2. The van der Waals surface area contributed by atoms with E-state index in [0.29, 0.717) is 31.7 Å². The molecule has 2 aromatic carbocycles. The van der Waals surface area contributed by atoms with E-state index in [1.54, 1.807) is 29.4 Å². The molecule has 0 spiro atoms. The lowest BCUT2D eigenvalue weighted by molar-refractivity contribution is -0.133. The predicted molar refractivity (Wildman–Crippen MR) is 118 cm³/mol. The van der Waals surface area contributed by atoms with Crippen LogP contribution in [0.1, 0.15) is 12.0 Å². The summed E-state index contributed by atoms with van der Waals surface area (Å²) in [5.41, 5.74) is 8.10. The predicted octanol–water partition coefficient (Wildman–Crippen LogP) is 3.07. The van der Waals surface area contributed by atoms with E-state index in [1.165, 1.54) is 0 Å². The summed E-state index contributed by atoms with van der Waals surface area (Å²) in [7, 11) is 0. The fourth-order valence-corrected chi connectivity index (χ4v) is 4.11. The highest BCUT2D eigenvalue weighted by Gasteiger charge is 2.45. The number of hydrogen-bond donors (Lipinski definition) is 1. The summed E-state index contributed by atoms with van der Waals surface area (Å²) in [5.74, 6) is 0.113. The van der Waals surface area contributed by atoms with Crippen LogP contribution in [0, 0.1) is 5.41 Å². The molecule has 2 amide bonds.